The monoisotopic (exact) mass is 390 g/mol. The molecule has 5 nitrogen and oxygen atoms in total. The van der Waals surface area contributed by atoms with Gasteiger partial charge in [-0.15, -0.1) is 11.3 Å². The summed E-state index contributed by atoms with van der Waals surface area (Å²) in [6.07, 6.45) is 1.04. The van der Waals surface area contributed by atoms with E-state index in [0.29, 0.717) is 16.3 Å². The van der Waals surface area contributed by atoms with E-state index in [1.165, 1.54) is 23.5 Å². The van der Waals surface area contributed by atoms with Crippen LogP contribution in [0.3, 0.4) is 0 Å². The molecule has 0 spiro atoms. The Morgan fingerprint density at radius 2 is 1.62 bits per heavy atom. The van der Waals surface area contributed by atoms with Gasteiger partial charge >= 0.3 is 0 Å². The van der Waals surface area contributed by atoms with Crippen LogP contribution >= 0.6 is 11.3 Å². The van der Waals surface area contributed by atoms with Gasteiger partial charge in [-0.25, -0.2) is 12.8 Å². The number of nitrogens with one attached hydrogen (secondary N) is 2. The lowest BCUT2D eigenvalue weighted by Gasteiger charge is -2.11. The van der Waals surface area contributed by atoms with E-state index in [0.717, 1.165) is 16.7 Å². The predicted octanol–water partition coefficient (Wildman–Crippen LogP) is 4.18. The van der Waals surface area contributed by atoms with E-state index in [2.05, 4.69) is 10.0 Å². The highest BCUT2D eigenvalue weighted by Crippen LogP contribution is 2.29. The minimum absolute atomic E-state index is 0.290. The van der Waals surface area contributed by atoms with Crippen LogP contribution in [-0.4, -0.2) is 20.6 Å². The van der Waals surface area contributed by atoms with Crippen LogP contribution in [0.2, 0.25) is 0 Å². The number of sulfonamides is 1. The van der Waals surface area contributed by atoms with Crippen LogP contribution in [0.15, 0.2) is 60.7 Å². The maximum absolute atomic E-state index is 13.0. The van der Waals surface area contributed by atoms with Crippen molar-refractivity contribution < 1.29 is 17.6 Å². The summed E-state index contributed by atoms with van der Waals surface area (Å²) < 4.78 is 38.3. The summed E-state index contributed by atoms with van der Waals surface area (Å²) in [4.78, 5) is 13.8. The molecule has 1 heterocycles. The van der Waals surface area contributed by atoms with Crippen molar-refractivity contribution in [2.24, 2.45) is 0 Å². The molecule has 0 aliphatic carbocycles. The van der Waals surface area contributed by atoms with E-state index < -0.39 is 10.0 Å². The van der Waals surface area contributed by atoms with Crippen molar-refractivity contribution in [3.05, 3.63) is 71.4 Å². The molecule has 134 valence electrons. The van der Waals surface area contributed by atoms with Gasteiger partial charge in [0.25, 0.3) is 5.91 Å². The summed E-state index contributed by atoms with van der Waals surface area (Å²) in [5.41, 5.74) is 1.47. The van der Waals surface area contributed by atoms with E-state index in [-0.39, 0.29) is 11.7 Å². The minimum Gasteiger partial charge on any atom is -0.319 e. The third-order valence-corrected chi connectivity index (χ3v) is 5.15. The van der Waals surface area contributed by atoms with Crippen LogP contribution in [0.25, 0.3) is 10.4 Å². The van der Waals surface area contributed by atoms with Crippen LogP contribution in [0.1, 0.15) is 9.67 Å². The molecular weight excluding hydrogens is 375 g/mol. The van der Waals surface area contributed by atoms with Gasteiger partial charge in [-0.05, 0) is 42.0 Å². The first kappa shape index (κ1) is 18.1. The van der Waals surface area contributed by atoms with E-state index in [4.69, 9.17) is 0 Å². The van der Waals surface area contributed by atoms with Crippen molar-refractivity contribution in [2.45, 2.75) is 0 Å². The van der Waals surface area contributed by atoms with Crippen LogP contribution in [0.4, 0.5) is 15.8 Å². The Balaban J connectivity index is 1.80. The fourth-order valence-corrected chi connectivity index (χ4v) is 3.78. The Kier molecular flexibility index (Phi) is 5.06. The molecule has 0 atom stereocenters. The Morgan fingerprint density at radius 1 is 0.962 bits per heavy atom. The first-order valence-electron chi connectivity index (χ1n) is 7.56. The number of hydrogen-bond acceptors (Lipinski definition) is 4. The molecule has 0 aliphatic heterocycles. The second-order valence-corrected chi connectivity index (χ2v) is 8.38. The third-order valence-electron chi connectivity index (χ3n) is 3.43. The van der Waals surface area contributed by atoms with Gasteiger partial charge in [-0.3, -0.25) is 9.52 Å². The first-order valence-corrected chi connectivity index (χ1v) is 10.3. The van der Waals surface area contributed by atoms with Crippen molar-refractivity contribution in [2.75, 3.05) is 16.3 Å². The first-order chi connectivity index (χ1) is 12.3. The molecule has 0 saturated heterocycles. The number of carbonyl (C=O) groups is 1. The smallest absolute Gasteiger partial charge is 0.265 e. The summed E-state index contributed by atoms with van der Waals surface area (Å²) in [6, 6.07) is 16.0. The second kappa shape index (κ2) is 7.27. The van der Waals surface area contributed by atoms with Gasteiger partial charge < -0.3 is 5.32 Å². The Hall–Kier alpha value is -2.71. The lowest BCUT2D eigenvalue weighted by atomic mass is 10.2. The minimum atomic E-state index is -3.46. The predicted molar refractivity (Wildman–Crippen MR) is 103 cm³/mol. The van der Waals surface area contributed by atoms with E-state index in [1.807, 2.05) is 0 Å². The molecule has 0 unspecified atom stereocenters. The summed E-state index contributed by atoms with van der Waals surface area (Å²) in [6.45, 7) is 0. The molecule has 0 radical (unpaired) electrons. The van der Waals surface area contributed by atoms with Gasteiger partial charge in [0.05, 0.1) is 22.5 Å². The third kappa shape index (κ3) is 4.47. The molecule has 0 bridgehead atoms. The number of hydrogen-bond donors (Lipinski definition) is 2. The highest BCUT2D eigenvalue weighted by atomic mass is 32.2. The molecule has 1 amide bonds. The summed E-state index contributed by atoms with van der Waals surface area (Å²) in [5.74, 6) is -0.677. The molecule has 0 aliphatic rings. The van der Waals surface area contributed by atoms with Gasteiger partial charge in [-0.1, -0.05) is 24.3 Å². The normalized spacial score (nSPS) is 11.2. The van der Waals surface area contributed by atoms with E-state index >= 15 is 0 Å². The zero-order valence-corrected chi connectivity index (χ0v) is 15.3. The molecule has 3 aromatic rings. The van der Waals surface area contributed by atoms with Crippen molar-refractivity contribution >= 4 is 38.6 Å². The lowest BCUT2D eigenvalue weighted by Crippen LogP contribution is -2.15. The molecule has 3 rings (SSSR count). The number of thiophene rings is 1. The van der Waals surface area contributed by atoms with E-state index in [9.17, 15) is 17.6 Å². The average molecular weight is 390 g/mol. The quantitative estimate of drug-likeness (QED) is 0.686. The zero-order valence-electron chi connectivity index (χ0n) is 13.7. The summed E-state index contributed by atoms with van der Waals surface area (Å²) in [5, 5.41) is 2.71. The molecular formula is C18H15FN2O3S2. The SMILES string of the molecule is CS(=O)(=O)Nc1ccccc1NC(=O)c1ccc(-c2ccc(F)cc2)s1. The Bertz CT molecular complexity index is 1040. The maximum Gasteiger partial charge on any atom is 0.265 e. The van der Waals surface area contributed by atoms with Crippen molar-refractivity contribution in [1.29, 1.82) is 0 Å². The number of amides is 1. The Morgan fingerprint density at radius 3 is 2.27 bits per heavy atom. The van der Waals surface area contributed by atoms with E-state index in [1.54, 1.807) is 48.5 Å². The standard InChI is InChI=1S/C18H15FN2O3S2/c1-26(23,24)21-15-5-3-2-4-14(15)20-18(22)17-11-10-16(25-17)12-6-8-13(19)9-7-12/h2-11,21H,1H3,(H,20,22). The van der Waals surface area contributed by atoms with Crippen molar-refractivity contribution in [3.63, 3.8) is 0 Å². The lowest BCUT2D eigenvalue weighted by molar-refractivity contribution is 0.103. The fraction of sp³-hybridized carbons (Fsp3) is 0.0556. The van der Waals surface area contributed by atoms with Gasteiger partial charge in [-0.2, -0.15) is 0 Å². The number of benzene rings is 2. The topological polar surface area (TPSA) is 75.3 Å². The molecule has 0 saturated carbocycles. The van der Waals surface area contributed by atoms with Crippen molar-refractivity contribution in [3.8, 4) is 10.4 Å². The van der Waals surface area contributed by atoms with Crippen molar-refractivity contribution in [1.82, 2.24) is 0 Å². The van der Waals surface area contributed by atoms with Gasteiger partial charge in [0.1, 0.15) is 5.82 Å². The highest BCUT2D eigenvalue weighted by Gasteiger charge is 2.14. The Labute approximate surface area is 154 Å². The fourth-order valence-electron chi connectivity index (χ4n) is 2.29. The summed E-state index contributed by atoms with van der Waals surface area (Å²) >= 11 is 1.27. The van der Waals surface area contributed by atoms with Gasteiger partial charge in [0.2, 0.25) is 10.0 Å². The molecule has 0 fully saturated rings. The number of rotatable bonds is 5. The number of carbonyl (C=O) groups excluding carboxylic acids is 1. The largest absolute Gasteiger partial charge is 0.319 e. The molecule has 2 N–H and O–H groups in total. The number of anilines is 2. The highest BCUT2D eigenvalue weighted by molar-refractivity contribution is 7.92. The number of para-hydroxylation sites is 2. The van der Waals surface area contributed by atoms with Gasteiger partial charge in [0.15, 0.2) is 0 Å². The molecule has 2 aromatic carbocycles. The average Bonchev–Trinajstić information content (AvgIpc) is 3.06. The maximum atomic E-state index is 13.0. The van der Waals surface area contributed by atoms with Crippen LogP contribution in [0.5, 0.6) is 0 Å². The second-order valence-electron chi connectivity index (χ2n) is 5.54. The summed E-state index contributed by atoms with van der Waals surface area (Å²) in [7, 11) is -3.46. The van der Waals surface area contributed by atoms with Crippen LogP contribution < -0.4 is 10.0 Å². The van der Waals surface area contributed by atoms with Gasteiger partial charge in [0, 0.05) is 4.88 Å². The zero-order chi connectivity index (χ0) is 18.7. The number of halogens is 1. The molecule has 8 heteroatoms. The van der Waals surface area contributed by atoms with Crippen LogP contribution in [-0.2, 0) is 10.0 Å². The molecule has 26 heavy (non-hydrogen) atoms. The van der Waals surface area contributed by atoms with Crippen LogP contribution in [0, 0.1) is 5.82 Å². The molecule has 1 aromatic heterocycles.